The van der Waals surface area contributed by atoms with Crippen LogP contribution >= 0.6 is 0 Å². The van der Waals surface area contributed by atoms with Crippen molar-refractivity contribution in [3.05, 3.63) is 60.2 Å². The first kappa shape index (κ1) is 22.6. The number of ether oxygens (including phenoxy) is 1. The van der Waals surface area contributed by atoms with Gasteiger partial charge in [0.1, 0.15) is 11.8 Å². The summed E-state index contributed by atoms with van der Waals surface area (Å²) in [4.78, 5) is 17.6. The van der Waals surface area contributed by atoms with Gasteiger partial charge in [0.2, 0.25) is 0 Å². The Balaban J connectivity index is 1.40. The van der Waals surface area contributed by atoms with Crippen LogP contribution in [0.1, 0.15) is 25.8 Å². The molecule has 1 N–H and O–H groups in total. The molecule has 0 aliphatic carbocycles. The molecule has 0 saturated carbocycles. The van der Waals surface area contributed by atoms with Gasteiger partial charge in [-0.05, 0) is 43.1 Å². The molecule has 0 spiro atoms. The standard InChI is InChI=1S/C25H32N4O2/c1-20(2)24(31-23-12-7-6-9-21(23)19-26)25(30)27-13-8-14-28-15-17-29(18-16-28)22-10-4-3-5-11-22/h3-7,9-12,20,24H,8,13-18H2,1-2H3,(H,27,30). The molecule has 6 nitrogen and oxygen atoms in total. The molecule has 164 valence electrons. The van der Waals surface area contributed by atoms with E-state index in [0.29, 0.717) is 17.9 Å². The fourth-order valence-corrected chi connectivity index (χ4v) is 3.77. The molecular weight excluding hydrogens is 388 g/mol. The molecule has 1 aliphatic rings. The highest BCUT2D eigenvalue weighted by Crippen LogP contribution is 2.21. The van der Waals surface area contributed by atoms with Crippen molar-refractivity contribution < 1.29 is 9.53 Å². The smallest absolute Gasteiger partial charge is 0.261 e. The van der Waals surface area contributed by atoms with E-state index in [1.165, 1.54) is 5.69 Å². The van der Waals surface area contributed by atoms with E-state index in [2.05, 4.69) is 45.5 Å². The van der Waals surface area contributed by atoms with Crippen molar-refractivity contribution in [2.75, 3.05) is 44.2 Å². The van der Waals surface area contributed by atoms with E-state index in [4.69, 9.17) is 4.74 Å². The number of carbonyl (C=O) groups excluding carboxylic acids is 1. The van der Waals surface area contributed by atoms with Crippen molar-refractivity contribution in [2.24, 2.45) is 5.92 Å². The summed E-state index contributed by atoms with van der Waals surface area (Å²) in [7, 11) is 0. The lowest BCUT2D eigenvalue weighted by Gasteiger charge is -2.36. The Bertz CT molecular complexity index is 871. The summed E-state index contributed by atoms with van der Waals surface area (Å²) in [6.45, 7) is 9.60. The van der Waals surface area contributed by atoms with Gasteiger partial charge in [0.05, 0.1) is 5.56 Å². The molecular formula is C25H32N4O2. The van der Waals surface area contributed by atoms with E-state index in [-0.39, 0.29) is 11.8 Å². The number of carbonyl (C=O) groups is 1. The topological polar surface area (TPSA) is 68.6 Å². The van der Waals surface area contributed by atoms with Crippen LogP contribution in [0.5, 0.6) is 5.75 Å². The third-order valence-electron chi connectivity index (χ3n) is 5.57. The second kappa shape index (κ2) is 11.4. The fraction of sp³-hybridized carbons (Fsp3) is 0.440. The Labute approximate surface area is 185 Å². The minimum Gasteiger partial charge on any atom is -0.479 e. The summed E-state index contributed by atoms with van der Waals surface area (Å²) >= 11 is 0. The summed E-state index contributed by atoms with van der Waals surface area (Å²) in [5.74, 6) is 0.324. The number of amides is 1. The van der Waals surface area contributed by atoms with Crippen LogP contribution in [0.4, 0.5) is 5.69 Å². The molecule has 1 atom stereocenters. The molecule has 0 aromatic heterocycles. The molecule has 0 radical (unpaired) electrons. The van der Waals surface area contributed by atoms with Crippen LogP contribution in [0.3, 0.4) is 0 Å². The lowest BCUT2D eigenvalue weighted by molar-refractivity contribution is -0.129. The highest BCUT2D eigenvalue weighted by atomic mass is 16.5. The minimum absolute atomic E-state index is 0.00202. The number of benzene rings is 2. The summed E-state index contributed by atoms with van der Waals surface area (Å²) < 4.78 is 5.91. The average molecular weight is 421 g/mol. The number of nitrogens with zero attached hydrogens (tertiary/aromatic N) is 3. The van der Waals surface area contributed by atoms with E-state index >= 15 is 0 Å². The fourth-order valence-electron chi connectivity index (χ4n) is 3.77. The van der Waals surface area contributed by atoms with Crippen molar-refractivity contribution in [3.8, 4) is 11.8 Å². The largest absolute Gasteiger partial charge is 0.479 e. The average Bonchev–Trinajstić information content (AvgIpc) is 2.81. The van der Waals surface area contributed by atoms with Crippen LogP contribution in [0.2, 0.25) is 0 Å². The molecule has 3 rings (SSSR count). The third-order valence-corrected chi connectivity index (χ3v) is 5.57. The molecule has 6 heteroatoms. The summed E-state index contributed by atoms with van der Waals surface area (Å²) in [6, 6.07) is 19.7. The van der Waals surface area contributed by atoms with Gasteiger partial charge in [0.15, 0.2) is 6.10 Å². The van der Waals surface area contributed by atoms with Crippen LogP contribution in [-0.2, 0) is 4.79 Å². The molecule has 1 aliphatic heterocycles. The molecule has 1 heterocycles. The predicted molar refractivity (Wildman–Crippen MR) is 123 cm³/mol. The molecule has 1 saturated heterocycles. The Kier molecular flexibility index (Phi) is 8.31. The second-order valence-electron chi connectivity index (χ2n) is 8.20. The number of nitriles is 1. The van der Waals surface area contributed by atoms with Crippen molar-refractivity contribution in [1.29, 1.82) is 5.26 Å². The maximum Gasteiger partial charge on any atom is 0.261 e. The predicted octanol–water partition coefficient (Wildman–Crippen LogP) is 3.29. The first-order valence-electron chi connectivity index (χ1n) is 11.0. The number of rotatable bonds is 9. The Morgan fingerprint density at radius 3 is 2.42 bits per heavy atom. The van der Waals surface area contributed by atoms with E-state index < -0.39 is 6.10 Å². The number of anilines is 1. The number of piperazine rings is 1. The minimum atomic E-state index is -0.621. The zero-order valence-corrected chi connectivity index (χ0v) is 18.5. The van der Waals surface area contributed by atoms with Gasteiger partial charge in [-0.25, -0.2) is 0 Å². The number of hydrogen-bond acceptors (Lipinski definition) is 5. The maximum atomic E-state index is 12.7. The molecule has 2 aromatic carbocycles. The maximum absolute atomic E-state index is 12.7. The van der Waals surface area contributed by atoms with E-state index in [1.54, 1.807) is 18.2 Å². The number of hydrogen-bond donors (Lipinski definition) is 1. The molecule has 31 heavy (non-hydrogen) atoms. The number of para-hydroxylation sites is 2. The van der Waals surface area contributed by atoms with Gasteiger partial charge in [0, 0.05) is 38.4 Å². The quantitative estimate of drug-likeness (QED) is 0.631. The van der Waals surface area contributed by atoms with Gasteiger partial charge < -0.3 is 15.0 Å². The summed E-state index contributed by atoms with van der Waals surface area (Å²) in [6.07, 6.45) is 0.278. The van der Waals surface area contributed by atoms with E-state index in [0.717, 1.165) is 39.1 Å². The van der Waals surface area contributed by atoms with Crippen molar-refractivity contribution in [1.82, 2.24) is 10.2 Å². The monoisotopic (exact) mass is 420 g/mol. The van der Waals surface area contributed by atoms with Gasteiger partial charge in [-0.15, -0.1) is 0 Å². The van der Waals surface area contributed by atoms with E-state index in [9.17, 15) is 10.1 Å². The van der Waals surface area contributed by atoms with Gasteiger partial charge in [0.25, 0.3) is 5.91 Å². The normalized spacial score (nSPS) is 15.4. The van der Waals surface area contributed by atoms with Gasteiger partial charge in [-0.2, -0.15) is 5.26 Å². The Morgan fingerprint density at radius 1 is 1.06 bits per heavy atom. The Morgan fingerprint density at radius 2 is 1.74 bits per heavy atom. The van der Waals surface area contributed by atoms with Crippen LogP contribution < -0.4 is 15.0 Å². The highest BCUT2D eigenvalue weighted by Gasteiger charge is 2.25. The van der Waals surface area contributed by atoms with Gasteiger partial charge in [-0.1, -0.05) is 44.2 Å². The zero-order chi connectivity index (χ0) is 22.1. The Hall–Kier alpha value is -3.04. The lowest BCUT2D eigenvalue weighted by Crippen LogP contribution is -2.47. The summed E-state index contributed by atoms with van der Waals surface area (Å²) in [5.41, 5.74) is 1.72. The molecule has 1 amide bonds. The van der Waals surface area contributed by atoms with Crippen LogP contribution in [0.25, 0.3) is 0 Å². The van der Waals surface area contributed by atoms with Crippen LogP contribution in [0.15, 0.2) is 54.6 Å². The second-order valence-corrected chi connectivity index (χ2v) is 8.20. The van der Waals surface area contributed by atoms with Crippen molar-refractivity contribution >= 4 is 11.6 Å². The lowest BCUT2D eigenvalue weighted by atomic mass is 10.1. The molecule has 2 aromatic rings. The van der Waals surface area contributed by atoms with Crippen molar-refractivity contribution in [2.45, 2.75) is 26.4 Å². The van der Waals surface area contributed by atoms with E-state index in [1.807, 2.05) is 26.0 Å². The van der Waals surface area contributed by atoms with Crippen LogP contribution in [0, 0.1) is 17.2 Å². The zero-order valence-electron chi connectivity index (χ0n) is 18.5. The first-order valence-corrected chi connectivity index (χ1v) is 11.0. The molecule has 1 unspecified atom stereocenters. The van der Waals surface area contributed by atoms with Crippen LogP contribution in [-0.4, -0.2) is 56.2 Å². The van der Waals surface area contributed by atoms with Gasteiger partial charge in [-0.3, -0.25) is 9.69 Å². The van der Waals surface area contributed by atoms with Crippen molar-refractivity contribution in [3.63, 3.8) is 0 Å². The third kappa shape index (κ3) is 6.47. The molecule has 1 fully saturated rings. The first-order chi connectivity index (χ1) is 15.1. The SMILES string of the molecule is CC(C)C(Oc1ccccc1C#N)C(=O)NCCCN1CCN(c2ccccc2)CC1. The molecule has 0 bridgehead atoms. The highest BCUT2D eigenvalue weighted by molar-refractivity contribution is 5.81. The summed E-state index contributed by atoms with van der Waals surface area (Å²) in [5, 5.41) is 12.3. The number of nitrogens with one attached hydrogen (secondary N) is 1. The van der Waals surface area contributed by atoms with Gasteiger partial charge >= 0.3 is 0 Å².